The van der Waals surface area contributed by atoms with Crippen LogP contribution in [-0.2, 0) is 6.42 Å². The van der Waals surface area contributed by atoms with E-state index in [2.05, 4.69) is 27.0 Å². The van der Waals surface area contributed by atoms with Gasteiger partial charge in [-0.2, -0.15) is 0 Å². The minimum atomic E-state index is -0.124. The van der Waals surface area contributed by atoms with Gasteiger partial charge >= 0.3 is 0 Å². The number of benzene rings is 2. The number of fused-ring (bicyclic) bond motifs is 1. The van der Waals surface area contributed by atoms with Crippen molar-refractivity contribution in [2.45, 2.75) is 11.8 Å². The Balaban J connectivity index is 1.84. The van der Waals surface area contributed by atoms with Crippen LogP contribution in [0.3, 0.4) is 0 Å². The van der Waals surface area contributed by atoms with Crippen molar-refractivity contribution in [1.29, 1.82) is 0 Å². The highest BCUT2D eigenvalue weighted by Gasteiger charge is 2.13. The number of para-hydroxylation sites is 1. The number of rotatable bonds is 3. The van der Waals surface area contributed by atoms with E-state index in [9.17, 15) is 0 Å². The zero-order valence-electron chi connectivity index (χ0n) is 10.3. The average Bonchev–Trinajstić information content (AvgIpc) is 2.83. The van der Waals surface area contributed by atoms with Gasteiger partial charge in [-0.3, -0.25) is 0 Å². The Morgan fingerprint density at radius 2 is 2.00 bits per heavy atom. The lowest BCUT2D eigenvalue weighted by atomic mass is 10.1. The minimum absolute atomic E-state index is 0.124. The summed E-state index contributed by atoms with van der Waals surface area (Å²) in [6.45, 7) is 0. The van der Waals surface area contributed by atoms with E-state index < -0.39 is 0 Å². The van der Waals surface area contributed by atoms with Crippen LogP contribution in [0.5, 0.6) is 0 Å². The number of hydrogen-bond acceptors (Lipinski definition) is 2. The SMILES string of the molecule is Clc1cc(C(Cl)Cc2nc3ccccc3s2)ccc1Br. The standard InChI is InChI=1S/C15H10BrCl2NS/c16-10-6-5-9(7-12(10)18)11(17)8-15-19-13-3-1-2-4-14(13)20-15/h1-7,11H,8H2. The van der Waals surface area contributed by atoms with Crippen molar-refractivity contribution in [2.24, 2.45) is 0 Å². The van der Waals surface area contributed by atoms with Crippen molar-refractivity contribution in [2.75, 3.05) is 0 Å². The lowest BCUT2D eigenvalue weighted by molar-refractivity contribution is 0.910. The predicted octanol–water partition coefficient (Wildman–Crippen LogP) is 6.23. The second kappa shape index (κ2) is 6.02. The molecule has 0 amide bonds. The second-order valence-electron chi connectivity index (χ2n) is 4.42. The minimum Gasteiger partial charge on any atom is -0.241 e. The van der Waals surface area contributed by atoms with Gasteiger partial charge in [-0.15, -0.1) is 22.9 Å². The summed E-state index contributed by atoms with van der Waals surface area (Å²) in [5.74, 6) is 0. The molecule has 1 unspecified atom stereocenters. The summed E-state index contributed by atoms with van der Waals surface area (Å²) in [5, 5.41) is 1.60. The molecular formula is C15H10BrCl2NS. The van der Waals surface area contributed by atoms with Crippen molar-refractivity contribution in [1.82, 2.24) is 4.98 Å². The number of halogens is 3. The molecule has 3 aromatic rings. The molecule has 102 valence electrons. The summed E-state index contributed by atoms with van der Waals surface area (Å²) in [6, 6.07) is 13.9. The van der Waals surface area contributed by atoms with Crippen LogP contribution in [0.4, 0.5) is 0 Å². The van der Waals surface area contributed by atoms with E-state index in [1.165, 1.54) is 4.70 Å². The van der Waals surface area contributed by atoms with Gasteiger partial charge < -0.3 is 0 Å². The van der Waals surface area contributed by atoms with Gasteiger partial charge in [0.15, 0.2) is 0 Å². The van der Waals surface area contributed by atoms with Crippen molar-refractivity contribution in [3.63, 3.8) is 0 Å². The van der Waals surface area contributed by atoms with Crippen LogP contribution in [-0.4, -0.2) is 4.98 Å². The number of hydrogen-bond donors (Lipinski definition) is 0. The van der Waals surface area contributed by atoms with Crippen LogP contribution in [0.15, 0.2) is 46.9 Å². The summed E-state index contributed by atoms with van der Waals surface area (Å²) < 4.78 is 2.08. The lowest BCUT2D eigenvalue weighted by Gasteiger charge is -2.09. The second-order valence-corrected chi connectivity index (χ2v) is 7.32. The molecule has 1 aromatic heterocycles. The zero-order chi connectivity index (χ0) is 14.1. The highest BCUT2D eigenvalue weighted by molar-refractivity contribution is 9.10. The van der Waals surface area contributed by atoms with Gasteiger partial charge in [-0.1, -0.05) is 29.8 Å². The third-order valence-electron chi connectivity index (χ3n) is 3.00. The van der Waals surface area contributed by atoms with Crippen LogP contribution >= 0.6 is 50.5 Å². The molecule has 5 heteroatoms. The summed E-state index contributed by atoms with van der Waals surface area (Å²) >= 11 is 17.7. The van der Waals surface area contributed by atoms with Gasteiger partial charge in [0.05, 0.1) is 25.6 Å². The van der Waals surface area contributed by atoms with Gasteiger partial charge in [0.1, 0.15) is 0 Å². The van der Waals surface area contributed by atoms with Crippen molar-refractivity contribution < 1.29 is 0 Å². The molecule has 3 rings (SSSR count). The Kier molecular flexibility index (Phi) is 4.32. The Labute approximate surface area is 139 Å². The molecule has 1 atom stereocenters. The van der Waals surface area contributed by atoms with E-state index in [0.717, 1.165) is 20.6 Å². The van der Waals surface area contributed by atoms with Crippen LogP contribution in [0.1, 0.15) is 15.9 Å². The molecule has 0 spiro atoms. The smallest absolute Gasteiger partial charge is 0.0956 e. The molecule has 1 nitrogen and oxygen atoms in total. The van der Waals surface area contributed by atoms with E-state index in [1.54, 1.807) is 11.3 Å². The molecule has 20 heavy (non-hydrogen) atoms. The van der Waals surface area contributed by atoms with E-state index in [1.807, 2.05) is 36.4 Å². The molecule has 0 radical (unpaired) electrons. The number of alkyl halides is 1. The maximum Gasteiger partial charge on any atom is 0.0956 e. The molecule has 0 N–H and O–H groups in total. The molecule has 0 saturated heterocycles. The van der Waals surface area contributed by atoms with E-state index in [4.69, 9.17) is 23.2 Å². The average molecular weight is 387 g/mol. The summed E-state index contributed by atoms with van der Waals surface area (Å²) in [5.41, 5.74) is 2.05. The quantitative estimate of drug-likeness (QED) is 0.485. The molecular weight excluding hydrogens is 377 g/mol. The predicted molar refractivity (Wildman–Crippen MR) is 91.1 cm³/mol. The Morgan fingerprint density at radius 1 is 1.20 bits per heavy atom. The lowest BCUT2D eigenvalue weighted by Crippen LogP contribution is -1.95. The van der Waals surface area contributed by atoms with Gasteiger partial charge in [-0.05, 0) is 45.8 Å². The van der Waals surface area contributed by atoms with E-state index >= 15 is 0 Å². The van der Waals surface area contributed by atoms with Crippen LogP contribution in [0, 0.1) is 0 Å². The molecule has 0 fully saturated rings. The van der Waals surface area contributed by atoms with Crippen LogP contribution < -0.4 is 0 Å². The first kappa shape index (κ1) is 14.3. The molecule has 0 saturated carbocycles. The topological polar surface area (TPSA) is 12.9 Å². The fraction of sp³-hybridized carbons (Fsp3) is 0.133. The summed E-state index contributed by atoms with van der Waals surface area (Å²) in [7, 11) is 0. The van der Waals surface area contributed by atoms with Crippen LogP contribution in [0.25, 0.3) is 10.2 Å². The Morgan fingerprint density at radius 3 is 2.75 bits per heavy atom. The fourth-order valence-corrected chi connectivity index (χ4v) is 3.81. The number of nitrogens with zero attached hydrogens (tertiary/aromatic N) is 1. The maximum atomic E-state index is 6.49. The third-order valence-corrected chi connectivity index (χ3v) is 5.69. The molecule has 0 bridgehead atoms. The number of thiazole rings is 1. The number of aromatic nitrogens is 1. The summed E-state index contributed by atoms with van der Waals surface area (Å²) in [4.78, 5) is 4.61. The zero-order valence-corrected chi connectivity index (χ0v) is 14.2. The van der Waals surface area contributed by atoms with Crippen molar-refractivity contribution in [3.8, 4) is 0 Å². The van der Waals surface area contributed by atoms with Crippen molar-refractivity contribution >= 4 is 60.7 Å². The van der Waals surface area contributed by atoms with Crippen molar-refractivity contribution in [3.05, 3.63) is 62.5 Å². The van der Waals surface area contributed by atoms with E-state index in [0.29, 0.717) is 11.4 Å². The molecule has 0 aliphatic heterocycles. The van der Waals surface area contributed by atoms with Gasteiger partial charge in [0, 0.05) is 10.9 Å². The van der Waals surface area contributed by atoms with Crippen LogP contribution in [0.2, 0.25) is 5.02 Å². The molecule has 0 aliphatic carbocycles. The first-order valence-electron chi connectivity index (χ1n) is 6.07. The largest absolute Gasteiger partial charge is 0.241 e. The Hall–Kier alpha value is -0.610. The molecule has 0 aliphatic rings. The molecule has 1 heterocycles. The highest BCUT2D eigenvalue weighted by atomic mass is 79.9. The van der Waals surface area contributed by atoms with E-state index in [-0.39, 0.29) is 5.38 Å². The Bertz CT molecular complexity index is 723. The van der Waals surface area contributed by atoms with Gasteiger partial charge in [-0.25, -0.2) is 4.98 Å². The maximum absolute atomic E-state index is 6.49. The normalized spacial score (nSPS) is 12.8. The monoisotopic (exact) mass is 385 g/mol. The first-order chi connectivity index (χ1) is 9.63. The highest BCUT2D eigenvalue weighted by Crippen LogP contribution is 2.32. The third kappa shape index (κ3) is 3.01. The first-order valence-corrected chi connectivity index (χ1v) is 8.49. The fourth-order valence-electron chi connectivity index (χ4n) is 1.99. The summed E-state index contributed by atoms with van der Waals surface area (Å²) in [6.07, 6.45) is 0.707. The van der Waals surface area contributed by atoms with Gasteiger partial charge in [0.25, 0.3) is 0 Å². The van der Waals surface area contributed by atoms with Gasteiger partial charge in [0.2, 0.25) is 0 Å². The molecule has 2 aromatic carbocycles.